The number of hydrogen-bond donors (Lipinski definition) is 0. The van der Waals surface area contributed by atoms with E-state index in [0.717, 1.165) is 5.92 Å². The van der Waals surface area contributed by atoms with Gasteiger partial charge in [-0.05, 0) is 30.3 Å². The molecule has 0 aromatic heterocycles. The third kappa shape index (κ3) is 13.2. The molecule has 0 N–H and O–H groups in total. The Morgan fingerprint density at radius 1 is 0.625 bits per heavy atom. The summed E-state index contributed by atoms with van der Waals surface area (Å²) in [5.74, 6) is 0.924. The fourth-order valence-electron chi connectivity index (χ4n) is 4.01. The molecule has 2 heteroatoms. The van der Waals surface area contributed by atoms with Gasteiger partial charge in [-0.1, -0.05) is 111 Å². The summed E-state index contributed by atoms with van der Waals surface area (Å²) in [6.45, 7) is 9.39. The molecule has 24 heavy (non-hydrogen) atoms. The monoisotopic (exact) mass is 422 g/mol. The molecule has 148 valence electrons. The second-order valence-electron chi connectivity index (χ2n) is 7.81. The normalized spacial score (nSPS) is 12.9. The van der Waals surface area contributed by atoms with Crippen molar-refractivity contribution in [3.05, 3.63) is 0 Å². The van der Waals surface area contributed by atoms with Gasteiger partial charge >= 0.3 is 0 Å². The maximum absolute atomic E-state index is 3.37. The summed E-state index contributed by atoms with van der Waals surface area (Å²) in [6, 6.07) is 0. The molecule has 0 aliphatic carbocycles. The lowest BCUT2D eigenvalue weighted by molar-refractivity contribution is 0.284. The lowest BCUT2D eigenvalue weighted by atomic mass is 9.78. The molecule has 0 aromatic rings. The van der Waals surface area contributed by atoms with E-state index in [1.807, 2.05) is 0 Å². The molecule has 0 aliphatic heterocycles. The first-order valence-corrected chi connectivity index (χ1v) is 11.5. The van der Waals surface area contributed by atoms with Crippen LogP contribution in [-0.2, 0) is 0 Å². The third-order valence-corrected chi connectivity index (χ3v) is 6.75. The van der Waals surface area contributed by atoms with Crippen molar-refractivity contribution in [1.29, 1.82) is 0 Å². The maximum Gasteiger partial charge on any atom is -0.0122 e. The second kappa shape index (κ2) is 18.7. The highest BCUT2D eigenvalue weighted by Gasteiger charge is 2.31. The molecule has 0 spiro atoms. The van der Waals surface area contributed by atoms with Gasteiger partial charge in [-0.3, -0.25) is 0 Å². The van der Waals surface area contributed by atoms with Crippen molar-refractivity contribution in [2.24, 2.45) is 5.92 Å². The van der Waals surface area contributed by atoms with Gasteiger partial charge in [-0.2, -0.15) is 0 Å². The average Bonchev–Trinajstić information content (AvgIpc) is 2.56. The highest BCUT2D eigenvalue weighted by molar-refractivity contribution is 8.93. The predicted octanol–water partition coefficient (Wildman–Crippen LogP) is 9.12. The average molecular weight is 424 g/mol. The lowest BCUT2D eigenvalue weighted by Gasteiger charge is -2.38. The van der Waals surface area contributed by atoms with Gasteiger partial charge in [0.25, 0.3) is 0 Å². The minimum absolute atomic E-state index is 0. The molecule has 0 aromatic carbocycles. The van der Waals surface area contributed by atoms with Gasteiger partial charge in [0.2, 0.25) is 0 Å². The van der Waals surface area contributed by atoms with Gasteiger partial charge in [0.05, 0.1) is 0 Å². The zero-order valence-corrected chi connectivity index (χ0v) is 20.2. The van der Waals surface area contributed by atoms with Crippen molar-refractivity contribution >= 4 is 26.2 Å². The maximum atomic E-state index is 3.37. The van der Waals surface area contributed by atoms with Crippen molar-refractivity contribution in [3.8, 4) is 0 Å². The first-order valence-electron chi connectivity index (χ1n) is 10.9. The summed E-state index contributed by atoms with van der Waals surface area (Å²) in [5.41, 5.74) is 0. The Morgan fingerprint density at radius 3 is 1.42 bits per heavy atom. The summed E-state index contributed by atoms with van der Waals surface area (Å²) in [7, 11) is 3.37. The molecule has 0 nitrogen and oxygen atoms in total. The molecule has 2 unspecified atom stereocenters. The Labute approximate surface area is 167 Å². The van der Waals surface area contributed by atoms with Crippen molar-refractivity contribution in [3.63, 3.8) is 0 Å². The number of halogens is 1. The Hall–Kier alpha value is 0.910. The minimum atomic E-state index is 0. The minimum Gasteiger partial charge on any atom is -0.131 e. The molecule has 0 radical (unpaired) electrons. The van der Waals surface area contributed by atoms with Gasteiger partial charge in [-0.25, -0.2) is 0 Å². The van der Waals surface area contributed by atoms with Crippen LogP contribution >= 0.6 is 26.2 Å². The van der Waals surface area contributed by atoms with E-state index >= 15 is 0 Å². The van der Waals surface area contributed by atoms with Gasteiger partial charge in [0.15, 0.2) is 0 Å². The van der Waals surface area contributed by atoms with Gasteiger partial charge in [-0.15, -0.1) is 26.2 Å². The van der Waals surface area contributed by atoms with Crippen LogP contribution in [0.4, 0.5) is 0 Å². The zero-order chi connectivity index (χ0) is 17.4. The van der Waals surface area contributed by atoms with Crippen LogP contribution in [0.2, 0.25) is 0 Å². The largest absolute Gasteiger partial charge is 0.131 e. The van der Waals surface area contributed by atoms with Crippen LogP contribution in [0.25, 0.3) is 0 Å². The van der Waals surface area contributed by atoms with Gasteiger partial charge in [0.1, 0.15) is 0 Å². The second-order valence-corrected chi connectivity index (χ2v) is 8.96. The van der Waals surface area contributed by atoms with Crippen LogP contribution < -0.4 is 0 Å². The zero-order valence-electron chi connectivity index (χ0n) is 17.4. The fraction of sp³-hybridized carbons (Fsp3) is 1.00. The van der Waals surface area contributed by atoms with E-state index in [2.05, 4.69) is 36.9 Å². The van der Waals surface area contributed by atoms with Crippen molar-refractivity contribution in [1.82, 2.24) is 0 Å². The summed E-state index contributed by atoms with van der Waals surface area (Å²) in [5, 5.41) is 0.530. The third-order valence-electron chi connectivity index (χ3n) is 5.70. The van der Waals surface area contributed by atoms with Crippen LogP contribution in [0.15, 0.2) is 0 Å². The molecule has 0 saturated carbocycles. The van der Waals surface area contributed by atoms with Crippen LogP contribution in [-0.4, -0.2) is 5.16 Å². The number of unbranched alkanes of at least 4 members (excludes halogenated alkanes) is 9. The molecule has 0 aliphatic rings. The van der Waals surface area contributed by atoms with E-state index in [1.54, 1.807) is 0 Å². The molecule has 0 heterocycles. The molecule has 0 saturated heterocycles. The molecule has 0 bridgehead atoms. The van der Waals surface area contributed by atoms with E-state index in [9.17, 15) is 0 Å². The van der Waals surface area contributed by atoms with Crippen molar-refractivity contribution in [2.75, 3.05) is 0 Å². The highest BCUT2D eigenvalue weighted by Crippen LogP contribution is 2.43. The summed E-state index contributed by atoms with van der Waals surface area (Å²) < 4.78 is 0. The summed E-state index contributed by atoms with van der Waals surface area (Å²) >= 11 is 0. The SMILES string of the molecule is Br.CCCCCCC(CC)C(P)(CCCCCC)CCCCCC. The van der Waals surface area contributed by atoms with E-state index in [0.29, 0.717) is 5.16 Å². The summed E-state index contributed by atoms with van der Waals surface area (Å²) in [6.07, 6.45) is 22.7. The predicted molar refractivity (Wildman–Crippen MR) is 123 cm³/mol. The van der Waals surface area contributed by atoms with Crippen LogP contribution in [0.1, 0.15) is 130 Å². The van der Waals surface area contributed by atoms with E-state index < -0.39 is 0 Å². The molecule has 0 fully saturated rings. The molecular formula is C22H48BrP. The van der Waals surface area contributed by atoms with Gasteiger partial charge in [0, 0.05) is 0 Å². The van der Waals surface area contributed by atoms with Crippen LogP contribution in [0, 0.1) is 5.92 Å². The highest BCUT2D eigenvalue weighted by atomic mass is 79.9. The smallest absolute Gasteiger partial charge is 0.0122 e. The first kappa shape index (κ1) is 27.1. The Morgan fingerprint density at radius 2 is 1.04 bits per heavy atom. The molecule has 0 rings (SSSR count). The first-order chi connectivity index (χ1) is 11.1. The number of rotatable bonds is 17. The Kier molecular flexibility index (Phi) is 21.1. The van der Waals surface area contributed by atoms with E-state index in [-0.39, 0.29) is 17.0 Å². The molecule has 2 atom stereocenters. The van der Waals surface area contributed by atoms with Gasteiger partial charge < -0.3 is 0 Å². The van der Waals surface area contributed by atoms with Crippen molar-refractivity contribution in [2.45, 2.75) is 136 Å². The molecular weight excluding hydrogens is 375 g/mol. The van der Waals surface area contributed by atoms with Crippen molar-refractivity contribution < 1.29 is 0 Å². The van der Waals surface area contributed by atoms with Crippen LogP contribution in [0.5, 0.6) is 0 Å². The fourth-order valence-corrected chi connectivity index (χ4v) is 4.82. The Bertz CT molecular complexity index is 230. The molecule has 0 amide bonds. The Balaban J connectivity index is 0. The van der Waals surface area contributed by atoms with E-state index in [1.165, 1.54) is 103 Å². The van der Waals surface area contributed by atoms with E-state index in [4.69, 9.17) is 0 Å². The quantitative estimate of drug-likeness (QED) is 0.162. The standard InChI is InChI=1S/C22H47P.BrH/c1-5-9-12-15-18-21(8-4)22(23,19-16-13-10-6-2)20-17-14-11-7-3;/h21H,5-20,23H2,1-4H3;1H. The lowest BCUT2D eigenvalue weighted by Crippen LogP contribution is -2.31. The summed E-state index contributed by atoms with van der Waals surface area (Å²) in [4.78, 5) is 0. The topological polar surface area (TPSA) is 0 Å². The van der Waals surface area contributed by atoms with Crippen LogP contribution in [0.3, 0.4) is 0 Å². The number of hydrogen-bond acceptors (Lipinski definition) is 0.